The van der Waals surface area contributed by atoms with E-state index in [1.165, 1.54) is 17.7 Å². The highest BCUT2D eigenvalue weighted by atomic mass is 35.5. The minimum Gasteiger partial charge on any atom is -0.381 e. The molecule has 0 aliphatic carbocycles. The number of aromatic nitrogens is 4. The van der Waals surface area contributed by atoms with Crippen molar-refractivity contribution in [2.24, 2.45) is 7.05 Å². The van der Waals surface area contributed by atoms with Gasteiger partial charge in [-0.05, 0) is 17.5 Å². The van der Waals surface area contributed by atoms with Crippen LogP contribution in [-0.4, -0.2) is 24.5 Å². The molecule has 2 heterocycles. The second-order valence-corrected chi connectivity index (χ2v) is 5.27. The predicted octanol–water partition coefficient (Wildman–Crippen LogP) is 2.13. The Morgan fingerprint density at radius 3 is 2.71 bits per heavy atom. The van der Waals surface area contributed by atoms with E-state index >= 15 is 0 Å². The van der Waals surface area contributed by atoms with E-state index in [0.717, 1.165) is 10.6 Å². The first-order valence-electron chi connectivity index (χ1n) is 5.20. The van der Waals surface area contributed by atoms with Crippen LogP contribution < -0.4 is 0 Å². The number of halogens is 1. The average Bonchev–Trinajstić information content (AvgIpc) is 2.85. The molecule has 1 atom stereocenters. The zero-order valence-electron chi connectivity index (χ0n) is 9.75. The quantitative estimate of drug-likeness (QED) is 0.930. The number of nitrogens with zero attached hydrogens (tertiary/aromatic N) is 4. The first kappa shape index (κ1) is 12.5. The first-order chi connectivity index (χ1) is 8.02. The predicted molar refractivity (Wildman–Crippen MR) is 66.3 cm³/mol. The molecule has 0 saturated carbocycles. The first-order valence-corrected chi connectivity index (χ1v) is 6.35. The molecule has 2 aromatic heterocycles. The largest absolute Gasteiger partial charge is 0.381 e. The lowest BCUT2D eigenvalue weighted by Crippen LogP contribution is -2.08. The summed E-state index contributed by atoms with van der Waals surface area (Å²) >= 11 is 7.20. The zero-order valence-corrected chi connectivity index (χ0v) is 11.3. The molecule has 0 bridgehead atoms. The van der Waals surface area contributed by atoms with Crippen molar-refractivity contribution in [2.75, 3.05) is 0 Å². The summed E-state index contributed by atoms with van der Waals surface area (Å²) in [5.74, 6) is 0.213. The molecule has 5 nitrogen and oxygen atoms in total. The van der Waals surface area contributed by atoms with Crippen molar-refractivity contribution in [1.82, 2.24) is 19.4 Å². The SMILES string of the molecule is CC(C)c1nnsc1C(O)c1c(Cl)cnn1C. The molecule has 92 valence electrons. The summed E-state index contributed by atoms with van der Waals surface area (Å²) in [6.45, 7) is 4.02. The minimum absolute atomic E-state index is 0.213. The maximum atomic E-state index is 10.3. The van der Waals surface area contributed by atoms with Crippen LogP contribution in [0.2, 0.25) is 5.02 Å². The number of aryl methyl sites for hydroxylation is 1. The summed E-state index contributed by atoms with van der Waals surface area (Å²) in [4.78, 5) is 0.727. The van der Waals surface area contributed by atoms with Crippen LogP contribution in [0.25, 0.3) is 0 Å². The van der Waals surface area contributed by atoms with Gasteiger partial charge in [0.15, 0.2) is 0 Å². The van der Waals surface area contributed by atoms with Gasteiger partial charge in [0, 0.05) is 7.05 Å². The van der Waals surface area contributed by atoms with Gasteiger partial charge >= 0.3 is 0 Å². The van der Waals surface area contributed by atoms with Crippen LogP contribution in [0.1, 0.15) is 42.1 Å². The Bertz CT molecular complexity index is 503. The fraction of sp³-hybridized carbons (Fsp3) is 0.500. The van der Waals surface area contributed by atoms with Crippen molar-refractivity contribution < 1.29 is 5.11 Å². The normalized spacial score (nSPS) is 13.3. The molecular formula is C10H13ClN4OS. The summed E-state index contributed by atoms with van der Waals surface area (Å²) in [7, 11) is 1.74. The number of rotatable bonds is 3. The van der Waals surface area contributed by atoms with Crippen LogP contribution >= 0.6 is 23.1 Å². The lowest BCUT2D eigenvalue weighted by atomic mass is 10.1. The van der Waals surface area contributed by atoms with Gasteiger partial charge in [-0.15, -0.1) is 5.10 Å². The lowest BCUT2D eigenvalue weighted by Gasteiger charge is -2.12. The molecule has 0 radical (unpaired) electrons. The third-order valence-electron chi connectivity index (χ3n) is 2.53. The van der Waals surface area contributed by atoms with Crippen molar-refractivity contribution in [1.29, 1.82) is 0 Å². The summed E-state index contributed by atoms with van der Waals surface area (Å²) in [6, 6.07) is 0. The fourth-order valence-corrected chi connectivity index (χ4v) is 2.71. The molecule has 2 rings (SSSR count). The minimum atomic E-state index is -0.826. The molecule has 1 N–H and O–H groups in total. The summed E-state index contributed by atoms with van der Waals surface area (Å²) < 4.78 is 5.46. The molecule has 2 aromatic rings. The van der Waals surface area contributed by atoms with Crippen molar-refractivity contribution >= 4 is 23.1 Å². The molecule has 17 heavy (non-hydrogen) atoms. The Morgan fingerprint density at radius 1 is 1.47 bits per heavy atom. The molecule has 0 saturated heterocycles. The summed E-state index contributed by atoms with van der Waals surface area (Å²) in [5.41, 5.74) is 1.37. The smallest absolute Gasteiger partial charge is 0.135 e. The standard InChI is InChI=1S/C10H13ClN4OS/c1-5(2)7-10(17-14-13-7)9(16)8-6(11)4-12-15(8)3/h4-5,9,16H,1-3H3. The Balaban J connectivity index is 2.44. The highest BCUT2D eigenvalue weighted by molar-refractivity contribution is 7.05. The van der Waals surface area contributed by atoms with Gasteiger partial charge in [0.1, 0.15) is 6.10 Å². The second-order valence-electron chi connectivity index (χ2n) is 4.08. The van der Waals surface area contributed by atoms with Crippen molar-refractivity contribution in [2.45, 2.75) is 25.9 Å². The van der Waals surface area contributed by atoms with Crippen molar-refractivity contribution in [3.8, 4) is 0 Å². The van der Waals surface area contributed by atoms with Gasteiger partial charge in [0.2, 0.25) is 0 Å². The topological polar surface area (TPSA) is 63.8 Å². The van der Waals surface area contributed by atoms with Crippen LogP contribution in [0.15, 0.2) is 6.20 Å². The number of aliphatic hydroxyl groups excluding tert-OH is 1. The lowest BCUT2D eigenvalue weighted by molar-refractivity contribution is 0.212. The van der Waals surface area contributed by atoms with E-state index in [-0.39, 0.29) is 5.92 Å². The number of aliphatic hydroxyl groups is 1. The average molecular weight is 273 g/mol. The van der Waals surface area contributed by atoms with E-state index in [9.17, 15) is 5.11 Å². The molecule has 0 spiro atoms. The molecule has 0 aromatic carbocycles. The summed E-state index contributed by atoms with van der Waals surface area (Å²) in [6.07, 6.45) is 0.691. The zero-order chi connectivity index (χ0) is 12.6. The highest BCUT2D eigenvalue weighted by Gasteiger charge is 2.25. The van der Waals surface area contributed by atoms with Crippen LogP contribution in [0.4, 0.5) is 0 Å². The monoisotopic (exact) mass is 272 g/mol. The van der Waals surface area contributed by atoms with Gasteiger partial charge in [0.25, 0.3) is 0 Å². The maximum absolute atomic E-state index is 10.3. The van der Waals surface area contributed by atoms with E-state index < -0.39 is 6.10 Å². The number of hydrogen-bond acceptors (Lipinski definition) is 5. The molecular weight excluding hydrogens is 260 g/mol. The Labute approximate surface area is 108 Å². The van der Waals surface area contributed by atoms with Gasteiger partial charge in [0.05, 0.1) is 27.5 Å². The Hall–Kier alpha value is -0.980. The van der Waals surface area contributed by atoms with Crippen molar-refractivity contribution in [3.05, 3.63) is 27.5 Å². The van der Waals surface area contributed by atoms with Gasteiger partial charge in [-0.2, -0.15) is 5.10 Å². The van der Waals surface area contributed by atoms with E-state index in [4.69, 9.17) is 11.6 Å². The van der Waals surface area contributed by atoms with Crippen LogP contribution in [-0.2, 0) is 7.05 Å². The van der Waals surface area contributed by atoms with Gasteiger partial charge in [-0.3, -0.25) is 4.68 Å². The maximum Gasteiger partial charge on any atom is 0.135 e. The van der Waals surface area contributed by atoms with Crippen LogP contribution in [0.3, 0.4) is 0 Å². The van der Waals surface area contributed by atoms with E-state index in [2.05, 4.69) is 14.7 Å². The van der Waals surface area contributed by atoms with Gasteiger partial charge in [-0.1, -0.05) is 29.9 Å². The van der Waals surface area contributed by atoms with Crippen LogP contribution in [0, 0.1) is 0 Å². The Morgan fingerprint density at radius 2 is 2.18 bits per heavy atom. The Kier molecular flexibility index (Phi) is 3.46. The fourth-order valence-electron chi connectivity index (χ4n) is 1.65. The second kappa shape index (κ2) is 4.72. The van der Waals surface area contributed by atoms with Gasteiger partial charge < -0.3 is 5.11 Å². The van der Waals surface area contributed by atoms with E-state index in [1.807, 2.05) is 13.8 Å². The van der Waals surface area contributed by atoms with E-state index in [1.54, 1.807) is 11.7 Å². The molecule has 0 amide bonds. The third-order valence-corrected chi connectivity index (χ3v) is 3.62. The van der Waals surface area contributed by atoms with Crippen LogP contribution in [0.5, 0.6) is 0 Å². The molecule has 0 aliphatic rings. The molecule has 7 heteroatoms. The number of hydrogen-bond donors (Lipinski definition) is 1. The van der Waals surface area contributed by atoms with E-state index in [0.29, 0.717) is 10.7 Å². The molecule has 0 fully saturated rings. The van der Waals surface area contributed by atoms with Gasteiger partial charge in [-0.25, -0.2) is 0 Å². The summed E-state index contributed by atoms with van der Waals surface area (Å²) in [5, 5.41) is 18.8. The molecule has 1 unspecified atom stereocenters. The molecule has 0 aliphatic heterocycles. The highest BCUT2D eigenvalue weighted by Crippen LogP contribution is 2.33. The van der Waals surface area contributed by atoms with Crippen molar-refractivity contribution in [3.63, 3.8) is 0 Å². The third kappa shape index (κ3) is 2.20.